The van der Waals surface area contributed by atoms with Crippen molar-refractivity contribution in [2.45, 2.75) is 18.7 Å². The fourth-order valence-corrected chi connectivity index (χ4v) is 5.43. The number of fused-ring (bicyclic) bond motifs is 1. The number of piperazine rings is 1. The summed E-state index contributed by atoms with van der Waals surface area (Å²) in [6.07, 6.45) is 0. The summed E-state index contributed by atoms with van der Waals surface area (Å²) >= 11 is 0. The molecule has 1 fully saturated rings. The molecule has 0 spiro atoms. The number of amides is 1. The SMILES string of the molecule is Cc1ccc(NC(=O)C[NH+]2CCN(S(=O)(=O)c3ccc4ccccc4c3)CC2)cc1C. The van der Waals surface area contributed by atoms with E-state index in [-0.39, 0.29) is 5.91 Å². The van der Waals surface area contributed by atoms with Crippen LogP contribution in [0.3, 0.4) is 0 Å². The fourth-order valence-electron chi connectivity index (χ4n) is 3.95. The van der Waals surface area contributed by atoms with Crippen LogP contribution in [-0.2, 0) is 14.8 Å². The van der Waals surface area contributed by atoms with Crippen molar-refractivity contribution in [2.75, 3.05) is 38.0 Å². The van der Waals surface area contributed by atoms with E-state index in [9.17, 15) is 13.2 Å². The lowest BCUT2D eigenvalue weighted by molar-refractivity contribution is -0.895. The van der Waals surface area contributed by atoms with E-state index < -0.39 is 10.0 Å². The van der Waals surface area contributed by atoms with Gasteiger partial charge in [0.2, 0.25) is 10.0 Å². The Morgan fingerprint density at radius 3 is 2.35 bits per heavy atom. The number of quaternary nitrogens is 1. The first kappa shape index (κ1) is 21.5. The standard InChI is InChI=1S/C24H27N3O3S/c1-18-7-9-22(15-19(18)2)25-24(28)17-26-11-13-27(14-12-26)31(29,30)23-10-8-20-5-3-4-6-21(20)16-23/h3-10,15-16H,11-14,17H2,1-2H3,(H,25,28)/p+1. The van der Waals surface area contributed by atoms with Gasteiger partial charge in [0.15, 0.2) is 6.54 Å². The van der Waals surface area contributed by atoms with E-state index in [1.165, 1.54) is 9.87 Å². The smallest absolute Gasteiger partial charge is 0.279 e. The second kappa shape index (κ2) is 8.78. The molecule has 0 bridgehead atoms. The van der Waals surface area contributed by atoms with Crippen LogP contribution in [0.4, 0.5) is 5.69 Å². The van der Waals surface area contributed by atoms with Crippen LogP contribution in [0.25, 0.3) is 10.8 Å². The average molecular weight is 439 g/mol. The first-order valence-electron chi connectivity index (χ1n) is 10.5. The summed E-state index contributed by atoms with van der Waals surface area (Å²) in [6, 6.07) is 18.9. The van der Waals surface area contributed by atoms with Crippen molar-refractivity contribution >= 4 is 32.4 Å². The lowest BCUT2D eigenvalue weighted by Crippen LogP contribution is -3.15. The summed E-state index contributed by atoms with van der Waals surface area (Å²) in [5.74, 6) is -0.0518. The quantitative estimate of drug-likeness (QED) is 0.640. The topological polar surface area (TPSA) is 70.9 Å². The van der Waals surface area contributed by atoms with Crippen LogP contribution in [0.15, 0.2) is 65.6 Å². The van der Waals surface area contributed by atoms with Gasteiger partial charge in [-0.15, -0.1) is 0 Å². The molecular formula is C24H28N3O3S+. The average Bonchev–Trinajstić information content (AvgIpc) is 2.76. The molecule has 1 saturated heterocycles. The van der Waals surface area contributed by atoms with Gasteiger partial charge in [0.25, 0.3) is 5.91 Å². The molecule has 162 valence electrons. The molecule has 0 radical (unpaired) electrons. The highest BCUT2D eigenvalue weighted by Gasteiger charge is 2.31. The van der Waals surface area contributed by atoms with Crippen molar-refractivity contribution in [1.82, 2.24) is 4.31 Å². The molecule has 31 heavy (non-hydrogen) atoms. The van der Waals surface area contributed by atoms with Gasteiger partial charge in [0.05, 0.1) is 31.1 Å². The number of nitrogens with one attached hydrogen (secondary N) is 2. The van der Waals surface area contributed by atoms with Crippen molar-refractivity contribution < 1.29 is 18.1 Å². The zero-order valence-electron chi connectivity index (χ0n) is 17.9. The molecule has 0 saturated carbocycles. The third-order valence-electron chi connectivity index (χ3n) is 5.99. The lowest BCUT2D eigenvalue weighted by Gasteiger charge is -2.31. The molecule has 6 nitrogen and oxygen atoms in total. The molecule has 0 unspecified atom stereocenters. The predicted octanol–water partition coefficient (Wildman–Crippen LogP) is 1.98. The number of carbonyl (C=O) groups is 1. The molecule has 3 aromatic carbocycles. The van der Waals surface area contributed by atoms with Gasteiger partial charge in [-0.2, -0.15) is 4.31 Å². The summed E-state index contributed by atoms with van der Waals surface area (Å²) in [5, 5.41) is 4.88. The van der Waals surface area contributed by atoms with Gasteiger partial charge in [-0.3, -0.25) is 4.79 Å². The highest BCUT2D eigenvalue weighted by atomic mass is 32.2. The summed E-state index contributed by atoms with van der Waals surface area (Å²) < 4.78 is 27.7. The monoisotopic (exact) mass is 438 g/mol. The number of rotatable bonds is 5. The van der Waals surface area contributed by atoms with Gasteiger partial charge in [-0.1, -0.05) is 36.4 Å². The molecule has 1 amide bonds. The van der Waals surface area contributed by atoms with Crippen LogP contribution in [0.5, 0.6) is 0 Å². The van der Waals surface area contributed by atoms with E-state index in [4.69, 9.17) is 0 Å². The zero-order valence-corrected chi connectivity index (χ0v) is 18.7. The lowest BCUT2D eigenvalue weighted by atomic mass is 10.1. The number of benzene rings is 3. The maximum absolute atomic E-state index is 13.1. The van der Waals surface area contributed by atoms with Crippen LogP contribution in [-0.4, -0.2) is 51.4 Å². The van der Waals surface area contributed by atoms with E-state index in [0.717, 1.165) is 26.9 Å². The second-order valence-corrected chi connectivity index (χ2v) is 10.1. The van der Waals surface area contributed by atoms with E-state index in [1.807, 2.05) is 62.4 Å². The van der Waals surface area contributed by atoms with E-state index in [1.54, 1.807) is 12.1 Å². The molecule has 7 heteroatoms. The molecule has 0 aliphatic carbocycles. The minimum atomic E-state index is -3.54. The first-order chi connectivity index (χ1) is 14.8. The minimum Gasteiger partial charge on any atom is -0.325 e. The molecule has 1 aliphatic heterocycles. The van der Waals surface area contributed by atoms with Crippen molar-refractivity contribution in [2.24, 2.45) is 0 Å². The van der Waals surface area contributed by atoms with Gasteiger partial charge >= 0.3 is 0 Å². The Bertz CT molecular complexity index is 1220. The van der Waals surface area contributed by atoms with Crippen molar-refractivity contribution in [3.05, 3.63) is 71.8 Å². The Labute approximate surface area is 183 Å². The number of nitrogens with zero attached hydrogens (tertiary/aromatic N) is 1. The van der Waals surface area contributed by atoms with Gasteiger partial charge in [0, 0.05) is 5.69 Å². The van der Waals surface area contributed by atoms with Gasteiger partial charge in [-0.25, -0.2) is 8.42 Å². The second-order valence-electron chi connectivity index (χ2n) is 8.19. The Kier molecular flexibility index (Phi) is 6.09. The number of aryl methyl sites for hydroxylation is 2. The molecule has 3 aromatic rings. The van der Waals surface area contributed by atoms with Gasteiger partial charge in [0.1, 0.15) is 0 Å². The Balaban J connectivity index is 1.36. The highest BCUT2D eigenvalue weighted by Crippen LogP contribution is 2.22. The Morgan fingerprint density at radius 1 is 0.935 bits per heavy atom. The third kappa shape index (κ3) is 4.79. The molecule has 0 aromatic heterocycles. The molecule has 4 rings (SSSR count). The summed E-state index contributed by atoms with van der Waals surface area (Å²) in [4.78, 5) is 13.8. The minimum absolute atomic E-state index is 0.0518. The normalized spacial score (nSPS) is 15.8. The van der Waals surface area contributed by atoms with Crippen LogP contribution in [0, 0.1) is 13.8 Å². The van der Waals surface area contributed by atoms with Crippen molar-refractivity contribution in [1.29, 1.82) is 0 Å². The van der Waals surface area contributed by atoms with E-state index in [0.29, 0.717) is 37.6 Å². The van der Waals surface area contributed by atoms with Gasteiger partial charge in [-0.05, 0) is 60.0 Å². The van der Waals surface area contributed by atoms with Crippen LogP contribution < -0.4 is 10.2 Å². The number of hydrogen-bond acceptors (Lipinski definition) is 3. The van der Waals surface area contributed by atoms with E-state index in [2.05, 4.69) is 5.32 Å². The first-order valence-corrected chi connectivity index (χ1v) is 12.0. The Morgan fingerprint density at radius 2 is 1.65 bits per heavy atom. The maximum atomic E-state index is 13.1. The maximum Gasteiger partial charge on any atom is 0.279 e. The third-order valence-corrected chi connectivity index (χ3v) is 7.88. The summed E-state index contributed by atoms with van der Waals surface area (Å²) in [5.41, 5.74) is 3.12. The van der Waals surface area contributed by atoms with Crippen LogP contribution >= 0.6 is 0 Å². The molecule has 0 atom stereocenters. The number of hydrogen-bond donors (Lipinski definition) is 2. The van der Waals surface area contributed by atoms with E-state index >= 15 is 0 Å². The fraction of sp³-hybridized carbons (Fsp3) is 0.292. The van der Waals surface area contributed by atoms with Crippen molar-refractivity contribution in [3.8, 4) is 0 Å². The van der Waals surface area contributed by atoms with Crippen LogP contribution in [0.1, 0.15) is 11.1 Å². The van der Waals surface area contributed by atoms with Crippen molar-refractivity contribution in [3.63, 3.8) is 0 Å². The Hall–Kier alpha value is -2.74. The predicted molar refractivity (Wildman–Crippen MR) is 123 cm³/mol. The largest absolute Gasteiger partial charge is 0.325 e. The molecule has 2 N–H and O–H groups in total. The summed E-state index contributed by atoms with van der Waals surface area (Å²) in [6.45, 7) is 6.40. The number of anilines is 1. The summed E-state index contributed by atoms with van der Waals surface area (Å²) in [7, 11) is -3.54. The number of sulfonamides is 1. The van der Waals surface area contributed by atoms with Gasteiger partial charge < -0.3 is 10.2 Å². The molecule has 1 heterocycles. The molecule has 1 aliphatic rings. The number of carbonyl (C=O) groups excluding carboxylic acids is 1. The van der Waals surface area contributed by atoms with Crippen LogP contribution in [0.2, 0.25) is 0 Å². The highest BCUT2D eigenvalue weighted by molar-refractivity contribution is 7.89. The zero-order chi connectivity index (χ0) is 22.0. The molecular weight excluding hydrogens is 410 g/mol.